The molecule has 1 atom stereocenters. The van der Waals surface area contributed by atoms with Gasteiger partial charge in [-0.2, -0.15) is 0 Å². The van der Waals surface area contributed by atoms with E-state index in [1.165, 1.54) is 0 Å². The van der Waals surface area contributed by atoms with E-state index in [0.29, 0.717) is 5.92 Å². The Kier molecular flexibility index (Phi) is 4.53. The van der Waals surface area contributed by atoms with Crippen LogP contribution in [0.2, 0.25) is 0 Å². The molecule has 0 aliphatic heterocycles. The molecule has 0 spiro atoms. The lowest BCUT2D eigenvalue weighted by molar-refractivity contribution is 0.251. The minimum absolute atomic E-state index is 0.278. The number of aromatic nitrogens is 2. The first-order valence-electron chi connectivity index (χ1n) is 6.06. The Labute approximate surface area is 105 Å². The summed E-state index contributed by atoms with van der Waals surface area (Å²) in [6, 6.07) is 0. The molecule has 4 nitrogen and oxygen atoms in total. The highest BCUT2D eigenvalue weighted by Gasteiger charge is 2.06. The molecule has 2 aromatic rings. The van der Waals surface area contributed by atoms with E-state index in [1.54, 1.807) is 11.3 Å². The zero-order valence-corrected chi connectivity index (χ0v) is 10.9. The highest BCUT2D eigenvalue weighted by atomic mass is 32.1. The zero-order chi connectivity index (χ0) is 12.1. The summed E-state index contributed by atoms with van der Waals surface area (Å²) < 4.78 is 2.05. The smallest absolute Gasteiger partial charge is 0.193 e. The highest BCUT2D eigenvalue weighted by Crippen LogP contribution is 2.11. The third kappa shape index (κ3) is 3.28. The molecular formula is C12H19N3OS. The van der Waals surface area contributed by atoms with Crippen molar-refractivity contribution in [3.63, 3.8) is 0 Å². The Hall–Kier alpha value is -0.910. The number of fused-ring (bicyclic) bond motifs is 1. The van der Waals surface area contributed by atoms with Crippen molar-refractivity contribution in [1.29, 1.82) is 0 Å². The molecule has 5 heteroatoms. The molecular weight excluding hydrogens is 234 g/mol. The van der Waals surface area contributed by atoms with Gasteiger partial charge in [0.25, 0.3) is 0 Å². The van der Waals surface area contributed by atoms with Crippen molar-refractivity contribution in [2.45, 2.75) is 26.3 Å². The standard InChI is InChI=1S/C12H19N3OS/c1-2-10(3-5-16)7-13-8-11-9-15-4-6-17-12(15)14-11/h4,6,9-10,13,16H,2-3,5,7-8H2,1H3. The molecule has 0 saturated carbocycles. The van der Waals surface area contributed by atoms with Gasteiger partial charge in [-0.3, -0.25) is 4.40 Å². The summed E-state index contributed by atoms with van der Waals surface area (Å²) in [5, 5.41) is 14.4. The summed E-state index contributed by atoms with van der Waals surface area (Å²) in [6.45, 7) is 4.19. The Morgan fingerprint density at radius 1 is 1.59 bits per heavy atom. The van der Waals surface area contributed by atoms with E-state index in [-0.39, 0.29) is 6.61 Å². The van der Waals surface area contributed by atoms with Gasteiger partial charge in [0.2, 0.25) is 0 Å². The molecule has 0 amide bonds. The van der Waals surface area contributed by atoms with E-state index in [4.69, 9.17) is 5.11 Å². The zero-order valence-electron chi connectivity index (χ0n) is 10.1. The van der Waals surface area contributed by atoms with Crippen LogP contribution < -0.4 is 5.32 Å². The average molecular weight is 253 g/mol. The molecule has 17 heavy (non-hydrogen) atoms. The van der Waals surface area contributed by atoms with Crippen LogP contribution in [-0.4, -0.2) is 27.6 Å². The number of aliphatic hydroxyl groups is 1. The van der Waals surface area contributed by atoms with E-state index >= 15 is 0 Å². The fraction of sp³-hybridized carbons (Fsp3) is 0.583. The van der Waals surface area contributed by atoms with Crippen molar-refractivity contribution < 1.29 is 5.11 Å². The molecule has 2 heterocycles. The van der Waals surface area contributed by atoms with E-state index in [0.717, 1.165) is 36.6 Å². The van der Waals surface area contributed by atoms with Gasteiger partial charge in [0.05, 0.1) is 5.69 Å². The molecule has 2 rings (SSSR count). The van der Waals surface area contributed by atoms with Gasteiger partial charge in [0.1, 0.15) is 0 Å². The van der Waals surface area contributed by atoms with Crippen LogP contribution in [0.5, 0.6) is 0 Å². The molecule has 0 radical (unpaired) electrons. The summed E-state index contributed by atoms with van der Waals surface area (Å²) >= 11 is 1.65. The van der Waals surface area contributed by atoms with Gasteiger partial charge in [-0.25, -0.2) is 4.98 Å². The second kappa shape index (κ2) is 6.14. The minimum Gasteiger partial charge on any atom is -0.396 e. The number of rotatable bonds is 7. The molecule has 0 bridgehead atoms. The molecule has 94 valence electrons. The van der Waals surface area contributed by atoms with Gasteiger partial charge in [-0.05, 0) is 18.9 Å². The van der Waals surface area contributed by atoms with Crippen LogP contribution in [0.4, 0.5) is 0 Å². The van der Waals surface area contributed by atoms with Gasteiger partial charge in [-0.15, -0.1) is 11.3 Å². The first-order chi connectivity index (χ1) is 8.33. The first-order valence-corrected chi connectivity index (χ1v) is 6.94. The second-order valence-electron chi connectivity index (χ2n) is 4.24. The van der Waals surface area contributed by atoms with Gasteiger partial charge >= 0.3 is 0 Å². The average Bonchev–Trinajstić information content (AvgIpc) is 2.88. The lowest BCUT2D eigenvalue weighted by atomic mass is 10.0. The molecule has 0 aromatic carbocycles. The first kappa shape index (κ1) is 12.5. The summed E-state index contributed by atoms with van der Waals surface area (Å²) in [5.74, 6) is 0.559. The van der Waals surface area contributed by atoms with Crippen LogP contribution in [-0.2, 0) is 6.54 Å². The van der Waals surface area contributed by atoms with Crippen LogP contribution in [0.1, 0.15) is 25.5 Å². The topological polar surface area (TPSA) is 49.6 Å². The molecule has 0 fully saturated rings. The van der Waals surface area contributed by atoms with Gasteiger partial charge in [0, 0.05) is 30.9 Å². The fourth-order valence-electron chi connectivity index (χ4n) is 1.90. The van der Waals surface area contributed by atoms with Crippen molar-refractivity contribution in [3.8, 4) is 0 Å². The third-order valence-electron chi connectivity index (χ3n) is 3.00. The van der Waals surface area contributed by atoms with Crippen molar-refractivity contribution >= 4 is 16.3 Å². The molecule has 1 unspecified atom stereocenters. The van der Waals surface area contributed by atoms with E-state index < -0.39 is 0 Å². The minimum atomic E-state index is 0.278. The van der Waals surface area contributed by atoms with E-state index in [1.807, 2.05) is 16.0 Å². The molecule has 0 aliphatic carbocycles. The van der Waals surface area contributed by atoms with E-state index in [9.17, 15) is 0 Å². The maximum absolute atomic E-state index is 8.91. The largest absolute Gasteiger partial charge is 0.396 e. The number of aliphatic hydroxyl groups excluding tert-OH is 1. The Balaban J connectivity index is 1.80. The highest BCUT2D eigenvalue weighted by molar-refractivity contribution is 7.15. The second-order valence-corrected chi connectivity index (χ2v) is 5.12. The maximum atomic E-state index is 8.91. The summed E-state index contributed by atoms with van der Waals surface area (Å²) in [4.78, 5) is 5.56. The van der Waals surface area contributed by atoms with Gasteiger partial charge in [0.15, 0.2) is 4.96 Å². The Bertz CT molecular complexity index is 423. The van der Waals surface area contributed by atoms with Crippen LogP contribution in [0, 0.1) is 5.92 Å². The van der Waals surface area contributed by atoms with Gasteiger partial charge in [-0.1, -0.05) is 13.3 Å². The van der Waals surface area contributed by atoms with Crippen LogP contribution in [0.15, 0.2) is 17.8 Å². The lowest BCUT2D eigenvalue weighted by Gasteiger charge is -2.13. The van der Waals surface area contributed by atoms with Crippen LogP contribution in [0.25, 0.3) is 4.96 Å². The van der Waals surface area contributed by atoms with Crippen LogP contribution in [0.3, 0.4) is 0 Å². The number of nitrogens with zero attached hydrogens (tertiary/aromatic N) is 2. The summed E-state index contributed by atoms with van der Waals surface area (Å²) in [7, 11) is 0. The fourth-order valence-corrected chi connectivity index (χ4v) is 2.62. The summed E-state index contributed by atoms with van der Waals surface area (Å²) in [6.07, 6.45) is 6.07. The lowest BCUT2D eigenvalue weighted by Crippen LogP contribution is -2.23. The molecule has 0 aliphatic rings. The number of nitrogens with one attached hydrogen (secondary N) is 1. The number of hydrogen-bond acceptors (Lipinski definition) is 4. The molecule has 2 aromatic heterocycles. The number of hydrogen-bond donors (Lipinski definition) is 2. The van der Waals surface area contributed by atoms with Crippen molar-refractivity contribution in [1.82, 2.24) is 14.7 Å². The van der Waals surface area contributed by atoms with Crippen molar-refractivity contribution in [2.24, 2.45) is 5.92 Å². The monoisotopic (exact) mass is 253 g/mol. The SMILES string of the molecule is CCC(CCO)CNCc1cn2ccsc2n1. The van der Waals surface area contributed by atoms with Crippen LogP contribution >= 0.6 is 11.3 Å². The predicted octanol–water partition coefficient (Wildman–Crippen LogP) is 1.89. The Morgan fingerprint density at radius 3 is 3.18 bits per heavy atom. The number of imidazole rings is 1. The van der Waals surface area contributed by atoms with Crippen molar-refractivity contribution in [3.05, 3.63) is 23.5 Å². The predicted molar refractivity (Wildman–Crippen MR) is 70.3 cm³/mol. The molecule has 0 saturated heterocycles. The van der Waals surface area contributed by atoms with Crippen molar-refractivity contribution in [2.75, 3.05) is 13.2 Å². The molecule has 2 N–H and O–H groups in total. The van der Waals surface area contributed by atoms with E-state index in [2.05, 4.69) is 23.4 Å². The third-order valence-corrected chi connectivity index (χ3v) is 3.77. The normalized spacial score (nSPS) is 13.3. The number of thiazole rings is 1. The summed E-state index contributed by atoms with van der Waals surface area (Å²) in [5.41, 5.74) is 1.08. The maximum Gasteiger partial charge on any atom is 0.193 e. The Morgan fingerprint density at radius 2 is 2.47 bits per heavy atom. The quantitative estimate of drug-likeness (QED) is 0.792. The van der Waals surface area contributed by atoms with Gasteiger partial charge < -0.3 is 10.4 Å².